The van der Waals surface area contributed by atoms with E-state index in [0.29, 0.717) is 18.0 Å². The molecule has 0 atom stereocenters. The maximum Gasteiger partial charge on any atom is 0.269 e. The number of amides is 1. The minimum absolute atomic E-state index is 0.152. The van der Waals surface area contributed by atoms with Crippen LogP contribution in [0.2, 0.25) is 0 Å². The summed E-state index contributed by atoms with van der Waals surface area (Å²) in [5, 5.41) is 6.14. The Hall–Kier alpha value is -2.76. The van der Waals surface area contributed by atoms with Crippen LogP contribution in [0.4, 0.5) is 11.4 Å². The third-order valence-corrected chi connectivity index (χ3v) is 3.72. The van der Waals surface area contributed by atoms with E-state index >= 15 is 0 Å². The lowest BCUT2D eigenvalue weighted by Gasteiger charge is -2.09. The summed E-state index contributed by atoms with van der Waals surface area (Å²) in [7, 11) is 0. The minimum Gasteiger partial charge on any atom is -0.454 e. The zero-order chi connectivity index (χ0) is 16.8. The molecule has 0 radical (unpaired) electrons. The largest absolute Gasteiger partial charge is 0.454 e. The number of nitrogens with zero attached hydrogens (tertiary/aromatic N) is 1. The van der Waals surface area contributed by atoms with E-state index in [1.807, 2.05) is 24.3 Å². The average Bonchev–Trinajstić information content (AvgIpc) is 3.06. The summed E-state index contributed by atoms with van der Waals surface area (Å²) in [5.74, 6) is 1.30. The number of unbranched alkanes of at least 4 members (excludes halogenated alkanes) is 2. The Balaban J connectivity index is 1.63. The van der Waals surface area contributed by atoms with Crippen molar-refractivity contribution in [3.05, 3.63) is 42.2 Å². The van der Waals surface area contributed by atoms with Gasteiger partial charge in [0.25, 0.3) is 5.91 Å². The van der Waals surface area contributed by atoms with Crippen molar-refractivity contribution in [3.63, 3.8) is 0 Å². The zero-order valence-electron chi connectivity index (χ0n) is 13.7. The number of fused-ring (bicyclic) bond motifs is 1. The molecule has 6 nitrogen and oxygen atoms in total. The van der Waals surface area contributed by atoms with E-state index in [9.17, 15) is 4.79 Å². The molecule has 1 amide bonds. The van der Waals surface area contributed by atoms with Gasteiger partial charge in [-0.3, -0.25) is 9.78 Å². The van der Waals surface area contributed by atoms with E-state index < -0.39 is 0 Å². The van der Waals surface area contributed by atoms with Crippen molar-refractivity contribution in [2.24, 2.45) is 0 Å². The van der Waals surface area contributed by atoms with Gasteiger partial charge in [-0.25, -0.2) is 0 Å². The number of ether oxygens (including phenoxy) is 2. The molecule has 24 heavy (non-hydrogen) atoms. The molecule has 126 valence electrons. The number of pyridine rings is 1. The fourth-order valence-electron chi connectivity index (χ4n) is 2.44. The topological polar surface area (TPSA) is 72.5 Å². The summed E-state index contributed by atoms with van der Waals surface area (Å²) in [4.78, 5) is 16.3. The van der Waals surface area contributed by atoms with Gasteiger partial charge in [0, 0.05) is 30.2 Å². The number of benzene rings is 1. The summed E-state index contributed by atoms with van der Waals surface area (Å²) < 4.78 is 10.7. The number of carbonyl (C=O) groups is 1. The standard InChI is InChI=1S/C18H21N3O3/c1-2-3-4-8-20-18(22)15-10-14(7-9-19-15)21-13-5-6-16-17(11-13)24-12-23-16/h5-7,9-11H,2-4,8,12H2,1H3,(H,19,21)(H,20,22). The maximum absolute atomic E-state index is 12.1. The molecule has 2 N–H and O–H groups in total. The third-order valence-electron chi connectivity index (χ3n) is 3.72. The van der Waals surface area contributed by atoms with Crippen molar-refractivity contribution in [3.8, 4) is 11.5 Å². The Morgan fingerprint density at radius 2 is 1.96 bits per heavy atom. The van der Waals surface area contributed by atoms with Crippen molar-refractivity contribution in [2.75, 3.05) is 18.7 Å². The first kappa shape index (κ1) is 16.1. The van der Waals surface area contributed by atoms with Crippen LogP contribution >= 0.6 is 0 Å². The summed E-state index contributed by atoms with van der Waals surface area (Å²) in [5.41, 5.74) is 2.06. The van der Waals surface area contributed by atoms with E-state index in [1.54, 1.807) is 12.3 Å². The molecule has 0 unspecified atom stereocenters. The van der Waals surface area contributed by atoms with Gasteiger partial charge in [-0.1, -0.05) is 19.8 Å². The van der Waals surface area contributed by atoms with Crippen LogP contribution in [0.25, 0.3) is 0 Å². The van der Waals surface area contributed by atoms with Gasteiger partial charge in [0.15, 0.2) is 11.5 Å². The number of carbonyl (C=O) groups excluding carboxylic acids is 1. The van der Waals surface area contributed by atoms with E-state index in [1.165, 1.54) is 0 Å². The normalized spacial score (nSPS) is 12.0. The van der Waals surface area contributed by atoms with Gasteiger partial charge in [-0.2, -0.15) is 0 Å². The molecule has 6 heteroatoms. The molecule has 0 fully saturated rings. The first-order chi connectivity index (χ1) is 11.8. The number of rotatable bonds is 7. The molecular weight excluding hydrogens is 306 g/mol. The Labute approximate surface area is 141 Å². The first-order valence-electron chi connectivity index (χ1n) is 8.17. The monoisotopic (exact) mass is 327 g/mol. The Morgan fingerprint density at radius 1 is 1.12 bits per heavy atom. The molecule has 2 heterocycles. The van der Waals surface area contributed by atoms with Crippen molar-refractivity contribution in [2.45, 2.75) is 26.2 Å². The zero-order valence-corrected chi connectivity index (χ0v) is 13.7. The molecule has 0 bridgehead atoms. The quantitative estimate of drug-likeness (QED) is 0.762. The van der Waals surface area contributed by atoms with Crippen LogP contribution in [0.1, 0.15) is 36.7 Å². The first-order valence-corrected chi connectivity index (χ1v) is 8.17. The molecule has 3 rings (SSSR count). The van der Waals surface area contributed by atoms with Gasteiger partial charge in [0.1, 0.15) is 5.69 Å². The predicted octanol–water partition coefficient (Wildman–Crippen LogP) is 3.47. The highest BCUT2D eigenvalue weighted by Crippen LogP contribution is 2.35. The lowest BCUT2D eigenvalue weighted by Crippen LogP contribution is -2.25. The minimum atomic E-state index is -0.152. The SMILES string of the molecule is CCCCCNC(=O)c1cc(Nc2ccc3c(c2)OCO3)ccn1. The second kappa shape index (κ2) is 7.68. The molecule has 1 aliphatic heterocycles. The Bertz CT molecular complexity index is 718. The van der Waals surface area contributed by atoms with Crippen molar-refractivity contribution in [1.82, 2.24) is 10.3 Å². The van der Waals surface area contributed by atoms with Gasteiger partial charge >= 0.3 is 0 Å². The van der Waals surface area contributed by atoms with E-state index in [-0.39, 0.29) is 12.7 Å². The molecule has 2 aromatic rings. The predicted molar refractivity (Wildman–Crippen MR) is 91.9 cm³/mol. The van der Waals surface area contributed by atoms with Gasteiger partial charge < -0.3 is 20.1 Å². The number of hydrogen-bond donors (Lipinski definition) is 2. The van der Waals surface area contributed by atoms with Gasteiger partial charge in [-0.05, 0) is 30.7 Å². The second-order valence-electron chi connectivity index (χ2n) is 5.59. The van der Waals surface area contributed by atoms with E-state index in [0.717, 1.165) is 36.4 Å². The number of nitrogens with one attached hydrogen (secondary N) is 2. The summed E-state index contributed by atoms with van der Waals surface area (Å²) >= 11 is 0. The number of aromatic nitrogens is 1. The van der Waals surface area contributed by atoms with Crippen molar-refractivity contribution >= 4 is 17.3 Å². The molecular formula is C18H21N3O3. The molecule has 0 spiro atoms. The van der Waals surface area contributed by atoms with Crippen LogP contribution in [0.15, 0.2) is 36.5 Å². The highest BCUT2D eigenvalue weighted by atomic mass is 16.7. The maximum atomic E-state index is 12.1. The fraction of sp³-hybridized carbons (Fsp3) is 0.333. The van der Waals surface area contributed by atoms with Crippen molar-refractivity contribution < 1.29 is 14.3 Å². The molecule has 0 saturated carbocycles. The number of anilines is 2. The summed E-state index contributed by atoms with van der Waals surface area (Å²) in [6.45, 7) is 3.05. The molecule has 1 aromatic heterocycles. The molecule has 1 aliphatic rings. The smallest absolute Gasteiger partial charge is 0.269 e. The van der Waals surface area contributed by atoms with Crippen LogP contribution in [-0.2, 0) is 0 Å². The lowest BCUT2D eigenvalue weighted by molar-refractivity contribution is 0.0948. The van der Waals surface area contributed by atoms with Crippen LogP contribution in [-0.4, -0.2) is 24.2 Å². The van der Waals surface area contributed by atoms with Crippen molar-refractivity contribution in [1.29, 1.82) is 0 Å². The summed E-state index contributed by atoms with van der Waals surface area (Å²) in [6.07, 6.45) is 4.84. The van der Waals surface area contributed by atoms with E-state index in [2.05, 4.69) is 22.5 Å². The van der Waals surface area contributed by atoms with Crippen LogP contribution in [0, 0.1) is 0 Å². The highest BCUT2D eigenvalue weighted by Gasteiger charge is 2.13. The lowest BCUT2D eigenvalue weighted by atomic mass is 10.2. The van der Waals surface area contributed by atoms with Gasteiger partial charge in [0.05, 0.1) is 0 Å². The molecule has 0 saturated heterocycles. The average molecular weight is 327 g/mol. The third kappa shape index (κ3) is 3.95. The Kier molecular flexibility index (Phi) is 5.15. The highest BCUT2D eigenvalue weighted by molar-refractivity contribution is 5.93. The van der Waals surface area contributed by atoms with Crippen LogP contribution in [0.3, 0.4) is 0 Å². The fourth-order valence-corrected chi connectivity index (χ4v) is 2.44. The Morgan fingerprint density at radius 3 is 2.83 bits per heavy atom. The van der Waals surface area contributed by atoms with Crippen LogP contribution < -0.4 is 20.1 Å². The summed E-state index contributed by atoms with van der Waals surface area (Å²) in [6, 6.07) is 9.18. The molecule has 1 aromatic carbocycles. The second-order valence-corrected chi connectivity index (χ2v) is 5.59. The van der Waals surface area contributed by atoms with Gasteiger partial charge in [0.2, 0.25) is 6.79 Å². The van der Waals surface area contributed by atoms with E-state index in [4.69, 9.17) is 9.47 Å². The van der Waals surface area contributed by atoms with Crippen LogP contribution in [0.5, 0.6) is 11.5 Å². The molecule has 0 aliphatic carbocycles. The van der Waals surface area contributed by atoms with Gasteiger partial charge in [-0.15, -0.1) is 0 Å². The number of hydrogen-bond acceptors (Lipinski definition) is 5.